The molecule has 0 radical (unpaired) electrons. The summed E-state index contributed by atoms with van der Waals surface area (Å²) >= 11 is 4.56. The Bertz CT molecular complexity index is 665. The molecule has 0 saturated heterocycles. The smallest absolute Gasteiger partial charge is 0.149 e. The minimum absolute atomic E-state index is 0.283. The summed E-state index contributed by atoms with van der Waals surface area (Å²) in [7, 11) is 0. The number of aryl methyl sites for hydroxylation is 1. The summed E-state index contributed by atoms with van der Waals surface area (Å²) in [5.74, 6) is 3.54. The van der Waals surface area contributed by atoms with Crippen LogP contribution in [0.4, 0.5) is 10.1 Å². The molecule has 2 aliphatic rings. The average Bonchev–Trinajstić information content (AvgIpc) is 2.75. The van der Waals surface area contributed by atoms with Gasteiger partial charge in [0.25, 0.3) is 0 Å². The van der Waals surface area contributed by atoms with Crippen molar-refractivity contribution in [3.63, 3.8) is 0 Å². The Balaban J connectivity index is 1.36. The van der Waals surface area contributed by atoms with Crippen molar-refractivity contribution >= 4 is 23.1 Å². The Morgan fingerprint density at radius 2 is 1.55 bits per heavy atom. The zero-order chi connectivity index (χ0) is 20.5. The van der Waals surface area contributed by atoms with Crippen molar-refractivity contribution in [2.45, 2.75) is 96.8 Å². The number of nitrogens with zero attached hydrogens (tertiary/aromatic N) is 1. The lowest BCUT2D eigenvalue weighted by Crippen LogP contribution is -2.26. The van der Waals surface area contributed by atoms with Crippen LogP contribution in [0.25, 0.3) is 0 Å². The van der Waals surface area contributed by atoms with Crippen LogP contribution in [-0.4, -0.2) is 5.16 Å². The first-order chi connectivity index (χ1) is 14.2. The lowest BCUT2D eigenvalue weighted by molar-refractivity contribution is 0.140. The summed E-state index contributed by atoms with van der Waals surface area (Å²) in [4.78, 5) is 3.76. The van der Waals surface area contributed by atoms with E-state index in [9.17, 15) is 4.39 Å². The second kappa shape index (κ2) is 12.0. The van der Waals surface area contributed by atoms with Gasteiger partial charge in [0.05, 0.1) is 5.16 Å². The predicted molar refractivity (Wildman–Crippen MR) is 124 cm³/mol. The number of isothiocyanates is 1. The van der Waals surface area contributed by atoms with Crippen LogP contribution in [0.1, 0.15) is 96.0 Å². The largest absolute Gasteiger partial charge is 0.205 e. The van der Waals surface area contributed by atoms with Gasteiger partial charge in [-0.05, 0) is 92.1 Å². The van der Waals surface area contributed by atoms with E-state index in [-0.39, 0.29) is 5.82 Å². The molecule has 0 amide bonds. The molecule has 1 aromatic rings. The molecule has 3 heteroatoms. The van der Waals surface area contributed by atoms with E-state index in [2.05, 4.69) is 29.3 Å². The van der Waals surface area contributed by atoms with Gasteiger partial charge in [-0.25, -0.2) is 4.39 Å². The monoisotopic (exact) mass is 415 g/mol. The van der Waals surface area contributed by atoms with Crippen molar-refractivity contribution in [2.75, 3.05) is 0 Å². The van der Waals surface area contributed by atoms with Crippen LogP contribution in [0.3, 0.4) is 0 Å². The summed E-state index contributed by atoms with van der Waals surface area (Å²) in [6.45, 7) is 2.30. The zero-order valence-electron chi connectivity index (χ0n) is 18.2. The molecule has 2 aliphatic carbocycles. The SMILES string of the molecule is CCCCCC1CCC(C2CCC(CCc3ccc(N=C=S)c(F)c3)CC2)CC1. The van der Waals surface area contributed by atoms with Crippen LogP contribution >= 0.6 is 12.2 Å². The Kier molecular flexibility index (Phi) is 9.34. The summed E-state index contributed by atoms with van der Waals surface area (Å²) in [5.41, 5.74) is 1.37. The molecule has 0 aromatic heterocycles. The number of hydrogen-bond donors (Lipinski definition) is 0. The Morgan fingerprint density at radius 3 is 2.10 bits per heavy atom. The van der Waals surface area contributed by atoms with Gasteiger partial charge in [-0.1, -0.05) is 64.4 Å². The molecule has 0 heterocycles. The quantitative estimate of drug-likeness (QED) is 0.223. The molecule has 0 bridgehead atoms. The standard InChI is InChI=1S/C26H38FNS/c1-2-3-4-5-20-8-13-23(14-9-20)24-15-10-21(11-16-24)6-7-22-12-17-26(28-19-29)25(27)18-22/h12,17-18,20-21,23-24H,2-11,13-16H2,1H3. The van der Waals surface area contributed by atoms with Crippen molar-refractivity contribution in [1.29, 1.82) is 0 Å². The van der Waals surface area contributed by atoms with Gasteiger partial charge in [0, 0.05) is 0 Å². The van der Waals surface area contributed by atoms with Crippen molar-refractivity contribution in [3.05, 3.63) is 29.6 Å². The maximum Gasteiger partial charge on any atom is 0.149 e. The first-order valence-corrected chi connectivity index (χ1v) is 12.5. The molecule has 3 rings (SSSR count). The van der Waals surface area contributed by atoms with Crippen molar-refractivity contribution < 1.29 is 4.39 Å². The van der Waals surface area contributed by atoms with Crippen LogP contribution in [0.5, 0.6) is 0 Å². The van der Waals surface area contributed by atoms with Gasteiger partial charge >= 0.3 is 0 Å². The van der Waals surface area contributed by atoms with Gasteiger partial charge in [0.2, 0.25) is 0 Å². The molecule has 2 fully saturated rings. The number of thiocarbonyl (C=S) groups is 1. The summed E-state index contributed by atoms with van der Waals surface area (Å²) in [5, 5.41) is 2.24. The predicted octanol–water partition coefficient (Wildman–Crippen LogP) is 8.69. The first kappa shape index (κ1) is 22.6. The zero-order valence-corrected chi connectivity index (χ0v) is 19.0. The summed E-state index contributed by atoms with van der Waals surface area (Å²) in [6.07, 6.45) is 19.4. The molecule has 0 N–H and O–H groups in total. The fraction of sp³-hybridized carbons (Fsp3) is 0.731. The van der Waals surface area contributed by atoms with E-state index in [0.717, 1.165) is 35.7 Å². The third-order valence-electron chi connectivity index (χ3n) is 7.68. The van der Waals surface area contributed by atoms with Crippen LogP contribution in [0.15, 0.2) is 23.2 Å². The fourth-order valence-electron chi connectivity index (χ4n) is 5.80. The minimum atomic E-state index is -0.283. The average molecular weight is 416 g/mol. The molecule has 0 unspecified atom stereocenters. The molecule has 1 aromatic carbocycles. The molecular formula is C26H38FNS. The van der Waals surface area contributed by atoms with E-state index in [1.165, 1.54) is 83.5 Å². The number of halogens is 1. The summed E-state index contributed by atoms with van der Waals surface area (Å²) in [6, 6.07) is 5.33. The maximum absolute atomic E-state index is 14.0. The number of benzene rings is 1. The molecule has 0 aliphatic heterocycles. The van der Waals surface area contributed by atoms with Crippen LogP contribution in [0, 0.1) is 29.5 Å². The van der Waals surface area contributed by atoms with E-state index < -0.39 is 0 Å². The van der Waals surface area contributed by atoms with E-state index >= 15 is 0 Å². The second-order valence-electron chi connectivity index (χ2n) is 9.58. The lowest BCUT2D eigenvalue weighted by atomic mass is 9.68. The fourth-order valence-corrected chi connectivity index (χ4v) is 5.89. The lowest BCUT2D eigenvalue weighted by Gasteiger charge is -2.38. The highest BCUT2D eigenvalue weighted by atomic mass is 32.1. The number of hydrogen-bond acceptors (Lipinski definition) is 2. The van der Waals surface area contributed by atoms with E-state index in [0.29, 0.717) is 5.69 Å². The minimum Gasteiger partial charge on any atom is -0.205 e. The topological polar surface area (TPSA) is 12.4 Å². The van der Waals surface area contributed by atoms with Crippen molar-refractivity contribution in [1.82, 2.24) is 0 Å². The van der Waals surface area contributed by atoms with Gasteiger partial charge in [0.1, 0.15) is 11.5 Å². The molecule has 0 spiro atoms. The van der Waals surface area contributed by atoms with Crippen molar-refractivity contribution in [3.8, 4) is 0 Å². The number of unbranched alkanes of at least 4 members (excludes halogenated alkanes) is 2. The van der Waals surface area contributed by atoms with E-state index in [1.807, 2.05) is 6.07 Å². The van der Waals surface area contributed by atoms with Crippen molar-refractivity contribution in [2.24, 2.45) is 28.7 Å². The van der Waals surface area contributed by atoms with Gasteiger partial charge < -0.3 is 0 Å². The van der Waals surface area contributed by atoms with Gasteiger partial charge in [-0.3, -0.25) is 0 Å². The van der Waals surface area contributed by atoms with Gasteiger partial charge in [0.15, 0.2) is 0 Å². The van der Waals surface area contributed by atoms with Crippen LogP contribution in [0.2, 0.25) is 0 Å². The maximum atomic E-state index is 14.0. The van der Waals surface area contributed by atoms with Crippen LogP contribution in [-0.2, 0) is 6.42 Å². The Morgan fingerprint density at radius 1 is 0.931 bits per heavy atom. The molecule has 0 atom stereocenters. The molecule has 2 saturated carbocycles. The highest BCUT2D eigenvalue weighted by Gasteiger charge is 2.30. The summed E-state index contributed by atoms with van der Waals surface area (Å²) < 4.78 is 14.0. The van der Waals surface area contributed by atoms with Crippen LogP contribution < -0.4 is 0 Å². The highest BCUT2D eigenvalue weighted by Crippen LogP contribution is 2.43. The highest BCUT2D eigenvalue weighted by molar-refractivity contribution is 7.78. The Labute approximate surface area is 182 Å². The molecule has 1 nitrogen and oxygen atoms in total. The Hall–Kier alpha value is -1.05. The van der Waals surface area contributed by atoms with E-state index in [4.69, 9.17) is 0 Å². The first-order valence-electron chi connectivity index (χ1n) is 12.1. The third kappa shape index (κ3) is 7.00. The number of rotatable bonds is 9. The van der Waals surface area contributed by atoms with E-state index in [1.54, 1.807) is 12.1 Å². The normalized spacial score (nSPS) is 27.4. The number of aliphatic imine (C=N–C) groups is 1. The molecule has 160 valence electrons. The van der Waals surface area contributed by atoms with Gasteiger partial charge in [-0.2, -0.15) is 4.99 Å². The third-order valence-corrected chi connectivity index (χ3v) is 7.78. The molecule has 29 heavy (non-hydrogen) atoms. The second-order valence-corrected chi connectivity index (χ2v) is 9.77. The molecular weight excluding hydrogens is 377 g/mol. The van der Waals surface area contributed by atoms with Gasteiger partial charge in [-0.15, -0.1) is 0 Å².